The number of halogens is 1. The Kier molecular flexibility index (Phi) is 6.27. The molecule has 2 rings (SSSR count). The molecule has 20 heavy (non-hydrogen) atoms. The van der Waals surface area contributed by atoms with Gasteiger partial charge in [0.25, 0.3) is 0 Å². The minimum absolute atomic E-state index is 0. The van der Waals surface area contributed by atoms with Crippen LogP contribution in [0.4, 0.5) is 10.5 Å². The van der Waals surface area contributed by atoms with Crippen LogP contribution in [0.25, 0.3) is 0 Å². The molecule has 1 aromatic rings. The Bertz CT molecular complexity index is 458. The van der Waals surface area contributed by atoms with Crippen LogP contribution in [0.5, 0.6) is 0 Å². The van der Waals surface area contributed by atoms with E-state index in [1.807, 2.05) is 24.3 Å². The van der Waals surface area contributed by atoms with E-state index >= 15 is 0 Å². The van der Waals surface area contributed by atoms with Gasteiger partial charge in [-0.15, -0.1) is 12.4 Å². The molecule has 0 aromatic heterocycles. The monoisotopic (exact) mass is 298 g/mol. The average Bonchev–Trinajstić information content (AvgIpc) is 2.92. The van der Waals surface area contributed by atoms with E-state index in [-0.39, 0.29) is 24.2 Å². The van der Waals surface area contributed by atoms with Gasteiger partial charge in [0.15, 0.2) is 0 Å². The van der Waals surface area contributed by atoms with Crippen LogP contribution < -0.4 is 21.7 Å². The molecule has 1 heterocycles. The van der Waals surface area contributed by atoms with Gasteiger partial charge in [-0.25, -0.2) is 4.79 Å². The van der Waals surface area contributed by atoms with Crippen molar-refractivity contribution < 1.29 is 9.59 Å². The second-order valence-corrected chi connectivity index (χ2v) is 4.59. The molecule has 0 aliphatic carbocycles. The Labute approximate surface area is 123 Å². The van der Waals surface area contributed by atoms with Gasteiger partial charge < -0.3 is 21.7 Å². The summed E-state index contributed by atoms with van der Waals surface area (Å²) < 4.78 is 0. The van der Waals surface area contributed by atoms with E-state index in [0.717, 1.165) is 30.8 Å². The molecule has 1 fully saturated rings. The first-order valence-electron chi connectivity index (χ1n) is 6.29. The van der Waals surface area contributed by atoms with E-state index in [4.69, 9.17) is 5.73 Å². The van der Waals surface area contributed by atoms with Gasteiger partial charge >= 0.3 is 6.03 Å². The van der Waals surface area contributed by atoms with E-state index in [2.05, 4.69) is 16.0 Å². The van der Waals surface area contributed by atoms with Crippen molar-refractivity contribution in [2.75, 3.05) is 18.4 Å². The summed E-state index contributed by atoms with van der Waals surface area (Å²) in [5, 5.41) is 8.56. The molecule has 5 N–H and O–H groups in total. The van der Waals surface area contributed by atoms with Crippen molar-refractivity contribution in [2.45, 2.75) is 13.0 Å². The fourth-order valence-corrected chi connectivity index (χ4v) is 2.02. The van der Waals surface area contributed by atoms with Crippen molar-refractivity contribution in [2.24, 2.45) is 11.7 Å². The molecule has 0 radical (unpaired) electrons. The van der Waals surface area contributed by atoms with Crippen LogP contribution >= 0.6 is 12.4 Å². The standard InChI is InChI=1S/C13H18N4O2.ClH/c14-13(19)16-7-9-1-3-11(4-2-9)17-12(18)10-5-6-15-8-10;/h1-4,10,15H,5-8H2,(H,17,18)(H3,14,16,19);1H. The highest BCUT2D eigenvalue weighted by atomic mass is 35.5. The maximum atomic E-state index is 11.9. The Morgan fingerprint density at radius 3 is 2.55 bits per heavy atom. The highest BCUT2D eigenvalue weighted by molar-refractivity contribution is 5.92. The molecule has 0 bridgehead atoms. The van der Waals surface area contributed by atoms with E-state index in [1.165, 1.54) is 0 Å². The van der Waals surface area contributed by atoms with E-state index in [0.29, 0.717) is 6.54 Å². The number of benzene rings is 1. The Morgan fingerprint density at radius 1 is 1.30 bits per heavy atom. The third-order valence-electron chi connectivity index (χ3n) is 3.12. The number of hydrogen-bond donors (Lipinski definition) is 4. The lowest BCUT2D eigenvalue weighted by molar-refractivity contribution is -0.119. The number of carbonyl (C=O) groups excluding carboxylic acids is 2. The van der Waals surface area contributed by atoms with Crippen LogP contribution in [0, 0.1) is 5.92 Å². The van der Waals surface area contributed by atoms with Gasteiger partial charge in [-0.2, -0.15) is 0 Å². The summed E-state index contributed by atoms with van der Waals surface area (Å²) in [5.41, 5.74) is 6.69. The van der Waals surface area contributed by atoms with E-state index in [9.17, 15) is 9.59 Å². The SMILES string of the molecule is Cl.NC(=O)NCc1ccc(NC(=O)C2CCNC2)cc1. The molecule has 1 atom stereocenters. The third-order valence-corrected chi connectivity index (χ3v) is 3.12. The summed E-state index contributed by atoms with van der Waals surface area (Å²) >= 11 is 0. The molecule has 1 aromatic carbocycles. The number of hydrogen-bond acceptors (Lipinski definition) is 3. The average molecular weight is 299 g/mol. The molecule has 7 heteroatoms. The first-order chi connectivity index (χ1) is 9.15. The Balaban J connectivity index is 0.00000200. The van der Waals surface area contributed by atoms with Crippen LogP contribution in [-0.4, -0.2) is 25.0 Å². The molecule has 110 valence electrons. The summed E-state index contributed by atoms with van der Waals surface area (Å²) in [5.74, 6) is 0.101. The minimum Gasteiger partial charge on any atom is -0.352 e. The first kappa shape index (κ1) is 16.3. The van der Waals surface area contributed by atoms with Gasteiger partial charge in [0.05, 0.1) is 5.92 Å². The molecular weight excluding hydrogens is 280 g/mol. The van der Waals surface area contributed by atoms with Crippen molar-refractivity contribution in [3.05, 3.63) is 29.8 Å². The van der Waals surface area contributed by atoms with Crippen molar-refractivity contribution >= 4 is 30.0 Å². The van der Waals surface area contributed by atoms with Gasteiger partial charge in [0.1, 0.15) is 0 Å². The zero-order valence-corrected chi connectivity index (χ0v) is 11.8. The maximum Gasteiger partial charge on any atom is 0.312 e. The normalized spacial score (nSPS) is 17.1. The highest BCUT2D eigenvalue weighted by Gasteiger charge is 2.22. The number of anilines is 1. The number of primary amides is 1. The van der Waals surface area contributed by atoms with Crippen molar-refractivity contribution in [3.8, 4) is 0 Å². The van der Waals surface area contributed by atoms with Gasteiger partial charge in [-0.3, -0.25) is 4.79 Å². The van der Waals surface area contributed by atoms with Crippen LogP contribution in [0.3, 0.4) is 0 Å². The highest BCUT2D eigenvalue weighted by Crippen LogP contribution is 2.14. The summed E-state index contributed by atoms with van der Waals surface area (Å²) in [6, 6.07) is 6.78. The van der Waals surface area contributed by atoms with Gasteiger partial charge in [-0.1, -0.05) is 12.1 Å². The molecule has 1 aliphatic heterocycles. The van der Waals surface area contributed by atoms with Crippen LogP contribution in [-0.2, 0) is 11.3 Å². The van der Waals surface area contributed by atoms with E-state index < -0.39 is 6.03 Å². The smallest absolute Gasteiger partial charge is 0.312 e. The first-order valence-corrected chi connectivity index (χ1v) is 6.29. The fourth-order valence-electron chi connectivity index (χ4n) is 2.02. The zero-order chi connectivity index (χ0) is 13.7. The second kappa shape index (κ2) is 7.72. The molecule has 1 unspecified atom stereocenters. The molecule has 1 saturated heterocycles. The predicted molar refractivity (Wildman–Crippen MR) is 79.7 cm³/mol. The lowest BCUT2D eigenvalue weighted by Gasteiger charge is -2.10. The summed E-state index contributed by atoms with van der Waals surface area (Å²) in [7, 11) is 0. The number of nitrogens with two attached hydrogens (primary N) is 1. The number of rotatable bonds is 4. The number of amides is 3. The summed E-state index contributed by atoms with van der Waals surface area (Å²) in [6.45, 7) is 2.03. The van der Waals surface area contributed by atoms with Crippen molar-refractivity contribution in [3.63, 3.8) is 0 Å². The van der Waals surface area contributed by atoms with Crippen LogP contribution in [0.15, 0.2) is 24.3 Å². The number of urea groups is 1. The zero-order valence-electron chi connectivity index (χ0n) is 11.0. The van der Waals surface area contributed by atoms with Crippen LogP contribution in [0.1, 0.15) is 12.0 Å². The van der Waals surface area contributed by atoms with Gasteiger partial charge in [0.2, 0.25) is 5.91 Å². The van der Waals surface area contributed by atoms with E-state index in [1.54, 1.807) is 0 Å². The summed E-state index contributed by atoms with van der Waals surface area (Å²) in [4.78, 5) is 22.5. The fraction of sp³-hybridized carbons (Fsp3) is 0.385. The third kappa shape index (κ3) is 4.71. The Morgan fingerprint density at radius 2 is 2.00 bits per heavy atom. The molecule has 3 amide bonds. The predicted octanol–water partition coefficient (Wildman–Crippen LogP) is 0.825. The van der Waals surface area contributed by atoms with Crippen molar-refractivity contribution in [1.29, 1.82) is 0 Å². The molecule has 1 aliphatic rings. The quantitative estimate of drug-likeness (QED) is 0.663. The molecule has 0 saturated carbocycles. The minimum atomic E-state index is -0.550. The number of carbonyl (C=O) groups is 2. The largest absolute Gasteiger partial charge is 0.352 e. The second-order valence-electron chi connectivity index (χ2n) is 4.59. The maximum absolute atomic E-state index is 11.9. The Hall–Kier alpha value is -1.79. The van der Waals surface area contributed by atoms with Crippen LogP contribution in [0.2, 0.25) is 0 Å². The van der Waals surface area contributed by atoms with Gasteiger partial charge in [-0.05, 0) is 30.7 Å². The van der Waals surface area contributed by atoms with Crippen molar-refractivity contribution in [1.82, 2.24) is 10.6 Å². The topological polar surface area (TPSA) is 96.2 Å². The molecule has 6 nitrogen and oxygen atoms in total. The molecular formula is C13H19ClN4O2. The lowest BCUT2D eigenvalue weighted by Crippen LogP contribution is -2.28. The van der Waals surface area contributed by atoms with Gasteiger partial charge in [0, 0.05) is 18.8 Å². The summed E-state index contributed by atoms with van der Waals surface area (Å²) in [6.07, 6.45) is 0.881. The molecule has 0 spiro atoms. The lowest BCUT2D eigenvalue weighted by atomic mass is 10.1. The number of nitrogens with one attached hydrogen (secondary N) is 3.